The van der Waals surface area contributed by atoms with Crippen molar-refractivity contribution >= 4 is 40.9 Å². The van der Waals surface area contributed by atoms with Crippen LogP contribution < -0.4 is 15.5 Å². The normalized spacial score (nSPS) is 12.8. The lowest BCUT2D eigenvalue weighted by Crippen LogP contribution is -2.37. The van der Waals surface area contributed by atoms with Crippen LogP contribution in [0.3, 0.4) is 0 Å². The van der Waals surface area contributed by atoms with Crippen LogP contribution in [0.1, 0.15) is 12.8 Å². The summed E-state index contributed by atoms with van der Waals surface area (Å²) in [6.45, 7) is 0.0407. The molecule has 1 heterocycles. The number of hydrogen-bond donors (Lipinski definition) is 2. The van der Waals surface area contributed by atoms with Crippen LogP contribution in [0.4, 0.5) is 24.5 Å². The van der Waals surface area contributed by atoms with Crippen LogP contribution in [0.2, 0.25) is 0 Å². The molecule has 2 aromatic rings. The summed E-state index contributed by atoms with van der Waals surface area (Å²) in [5.41, 5.74) is 0.275. The smallest absolute Gasteiger partial charge is 0.243 e. The fourth-order valence-electron chi connectivity index (χ4n) is 2.87. The van der Waals surface area contributed by atoms with Gasteiger partial charge < -0.3 is 15.5 Å². The van der Waals surface area contributed by atoms with Crippen LogP contribution in [0.25, 0.3) is 0 Å². The first-order valence-corrected chi connectivity index (χ1v) is 10.1. The fraction of sp³-hybridized carbons (Fsp3) is 0.250. The Hall–Kier alpha value is -3.01. The molecule has 3 amide bonds. The first kappa shape index (κ1) is 21.7. The molecule has 158 valence electrons. The van der Waals surface area contributed by atoms with E-state index in [1.54, 1.807) is 16.7 Å². The van der Waals surface area contributed by atoms with Gasteiger partial charge in [0.25, 0.3) is 0 Å². The van der Waals surface area contributed by atoms with E-state index in [2.05, 4.69) is 5.32 Å². The highest BCUT2D eigenvalue weighted by Gasteiger charge is 2.23. The molecule has 0 unspecified atom stereocenters. The molecular formula is C20H18F3N3O3S. The van der Waals surface area contributed by atoms with Gasteiger partial charge in [0, 0.05) is 30.0 Å². The Morgan fingerprint density at radius 2 is 1.73 bits per heavy atom. The van der Waals surface area contributed by atoms with Crippen molar-refractivity contribution in [3.05, 3.63) is 53.8 Å². The highest BCUT2D eigenvalue weighted by molar-refractivity contribution is 7.99. The molecule has 0 spiro atoms. The number of nitrogens with one attached hydrogen (secondary N) is 2. The summed E-state index contributed by atoms with van der Waals surface area (Å²) in [5.74, 6) is -5.40. The zero-order valence-corrected chi connectivity index (χ0v) is 16.5. The van der Waals surface area contributed by atoms with Gasteiger partial charge in [0.2, 0.25) is 17.7 Å². The van der Waals surface area contributed by atoms with Gasteiger partial charge >= 0.3 is 0 Å². The molecule has 0 bridgehead atoms. The largest absolute Gasteiger partial charge is 0.347 e. The first-order valence-electron chi connectivity index (χ1n) is 9.09. The number of anilines is 2. The van der Waals surface area contributed by atoms with E-state index in [9.17, 15) is 27.6 Å². The molecule has 0 radical (unpaired) electrons. The molecule has 3 rings (SSSR count). The predicted octanol–water partition coefficient (Wildman–Crippen LogP) is 3.08. The molecule has 6 nitrogen and oxygen atoms in total. The quantitative estimate of drug-likeness (QED) is 0.681. The van der Waals surface area contributed by atoms with Crippen LogP contribution in [0.15, 0.2) is 41.3 Å². The Bertz CT molecular complexity index is 987. The maximum atomic E-state index is 13.6. The zero-order chi connectivity index (χ0) is 21.7. The zero-order valence-electron chi connectivity index (χ0n) is 15.7. The SMILES string of the molecule is O=C(CCC(=O)N1CCSc2ccccc21)NCC(=O)Nc1ccc(F)c(F)c1F. The van der Waals surface area contributed by atoms with Crippen LogP contribution in [-0.2, 0) is 14.4 Å². The number of rotatable bonds is 6. The van der Waals surface area contributed by atoms with E-state index in [1.807, 2.05) is 29.6 Å². The Balaban J connectivity index is 1.46. The second kappa shape index (κ2) is 9.66. The van der Waals surface area contributed by atoms with Crippen LogP contribution >= 0.6 is 11.8 Å². The first-order chi connectivity index (χ1) is 14.4. The number of halogens is 3. The van der Waals surface area contributed by atoms with E-state index >= 15 is 0 Å². The molecule has 0 aromatic heterocycles. The third-order valence-electron chi connectivity index (χ3n) is 4.35. The fourth-order valence-corrected chi connectivity index (χ4v) is 3.86. The van der Waals surface area contributed by atoms with Gasteiger partial charge in [-0.3, -0.25) is 14.4 Å². The van der Waals surface area contributed by atoms with Gasteiger partial charge in [0.05, 0.1) is 17.9 Å². The minimum atomic E-state index is -1.70. The molecule has 2 aromatic carbocycles. The third-order valence-corrected chi connectivity index (χ3v) is 5.39. The maximum absolute atomic E-state index is 13.6. The minimum absolute atomic E-state index is 0.0374. The van der Waals surface area contributed by atoms with E-state index in [0.717, 1.165) is 22.4 Å². The summed E-state index contributed by atoms with van der Waals surface area (Å²) < 4.78 is 39.6. The topological polar surface area (TPSA) is 78.5 Å². The number of benzene rings is 2. The van der Waals surface area contributed by atoms with Gasteiger partial charge in [-0.2, -0.15) is 0 Å². The number of hydrogen-bond acceptors (Lipinski definition) is 4. The lowest BCUT2D eigenvalue weighted by Gasteiger charge is -2.29. The van der Waals surface area contributed by atoms with Crippen LogP contribution in [0, 0.1) is 17.5 Å². The van der Waals surface area contributed by atoms with Crippen molar-refractivity contribution in [1.82, 2.24) is 5.32 Å². The average molecular weight is 437 g/mol. The maximum Gasteiger partial charge on any atom is 0.243 e. The van der Waals surface area contributed by atoms with Crippen molar-refractivity contribution in [2.24, 2.45) is 0 Å². The van der Waals surface area contributed by atoms with Crippen molar-refractivity contribution in [2.75, 3.05) is 29.1 Å². The number of nitrogens with zero attached hydrogens (tertiary/aromatic N) is 1. The van der Waals surface area contributed by atoms with E-state index in [1.165, 1.54) is 0 Å². The molecule has 0 saturated heterocycles. The lowest BCUT2D eigenvalue weighted by molar-refractivity contribution is -0.126. The minimum Gasteiger partial charge on any atom is -0.347 e. The van der Waals surface area contributed by atoms with E-state index in [-0.39, 0.29) is 18.7 Å². The van der Waals surface area contributed by atoms with Crippen molar-refractivity contribution in [3.8, 4) is 0 Å². The van der Waals surface area contributed by atoms with E-state index < -0.39 is 41.5 Å². The van der Waals surface area contributed by atoms with Crippen LogP contribution in [0.5, 0.6) is 0 Å². The summed E-state index contributed by atoms with van der Waals surface area (Å²) in [6.07, 6.45) is -0.165. The lowest BCUT2D eigenvalue weighted by atomic mass is 10.2. The molecule has 1 aliphatic heterocycles. The standard InChI is InChI=1S/C20H18F3N3O3S/c21-12-5-6-13(20(23)19(12)22)25-17(28)11-24-16(27)7-8-18(29)26-9-10-30-15-4-2-1-3-14(15)26/h1-6H,7-11H2,(H,24,27)(H,25,28). The van der Waals surface area contributed by atoms with Gasteiger partial charge in [-0.25, -0.2) is 13.2 Å². The summed E-state index contributed by atoms with van der Waals surface area (Å²) in [7, 11) is 0. The molecule has 10 heteroatoms. The number of carbonyl (C=O) groups is 3. The molecule has 0 aliphatic carbocycles. The van der Waals surface area contributed by atoms with Gasteiger partial charge in [-0.15, -0.1) is 11.8 Å². The predicted molar refractivity (Wildman–Crippen MR) is 107 cm³/mol. The number of carbonyl (C=O) groups excluding carboxylic acids is 3. The van der Waals surface area contributed by atoms with Crippen molar-refractivity contribution in [3.63, 3.8) is 0 Å². The number of thioether (sulfide) groups is 1. The highest BCUT2D eigenvalue weighted by atomic mass is 32.2. The number of amides is 3. The van der Waals surface area contributed by atoms with E-state index in [4.69, 9.17) is 0 Å². The molecule has 0 atom stereocenters. The summed E-state index contributed by atoms with van der Waals surface area (Å²) in [6, 6.07) is 9.06. The average Bonchev–Trinajstić information content (AvgIpc) is 2.76. The monoisotopic (exact) mass is 437 g/mol. The number of para-hydroxylation sites is 1. The highest BCUT2D eigenvalue weighted by Crippen LogP contribution is 2.34. The molecule has 1 aliphatic rings. The molecule has 30 heavy (non-hydrogen) atoms. The van der Waals surface area contributed by atoms with Crippen molar-refractivity contribution in [1.29, 1.82) is 0 Å². The summed E-state index contributed by atoms with van der Waals surface area (Å²) in [5, 5.41) is 4.36. The molecule has 0 saturated carbocycles. The van der Waals surface area contributed by atoms with Crippen LogP contribution in [-0.4, -0.2) is 36.6 Å². The molecule has 0 fully saturated rings. The Morgan fingerprint density at radius 3 is 2.53 bits per heavy atom. The second-order valence-electron chi connectivity index (χ2n) is 6.41. The molecular weight excluding hydrogens is 419 g/mol. The second-order valence-corrected chi connectivity index (χ2v) is 7.55. The van der Waals surface area contributed by atoms with Gasteiger partial charge in [0.1, 0.15) is 0 Å². The Labute approximate surface area is 174 Å². The Morgan fingerprint density at radius 1 is 0.967 bits per heavy atom. The Kier molecular flexibility index (Phi) is 6.99. The van der Waals surface area contributed by atoms with E-state index in [0.29, 0.717) is 12.6 Å². The van der Waals surface area contributed by atoms with Gasteiger partial charge in [0.15, 0.2) is 17.5 Å². The summed E-state index contributed by atoms with van der Waals surface area (Å²) in [4.78, 5) is 38.9. The number of fused-ring (bicyclic) bond motifs is 1. The van der Waals surface area contributed by atoms with Gasteiger partial charge in [-0.1, -0.05) is 12.1 Å². The third kappa shape index (κ3) is 5.12. The summed E-state index contributed by atoms with van der Waals surface area (Å²) >= 11 is 1.66. The van der Waals surface area contributed by atoms with Crippen molar-refractivity contribution < 1.29 is 27.6 Å². The molecule has 2 N–H and O–H groups in total. The van der Waals surface area contributed by atoms with Crippen molar-refractivity contribution in [2.45, 2.75) is 17.7 Å². The van der Waals surface area contributed by atoms with Gasteiger partial charge in [-0.05, 0) is 24.3 Å².